The Kier molecular flexibility index (Phi) is 6.44. The van der Waals surface area contributed by atoms with Gasteiger partial charge in [-0.3, -0.25) is 4.90 Å². The number of nitrogens with zero attached hydrogens (tertiary/aromatic N) is 1. The van der Waals surface area contributed by atoms with E-state index in [1.165, 1.54) is 7.11 Å². The zero-order valence-electron chi connectivity index (χ0n) is 13.3. The Labute approximate surface area is 133 Å². The lowest BCUT2D eigenvalue weighted by Gasteiger charge is -2.42. The zero-order chi connectivity index (χ0) is 14.8. The lowest BCUT2D eigenvalue weighted by atomic mass is 9.81. The first-order chi connectivity index (χ1) is 9.43. The molecule has 0 aromatic heterocycles. The van der Waals surface area contributed by atoms with Crippen LogP contribution in [0.2, 0.25) is 0 Å². The van der Waals surface area contributed by atoms with E-state index in [2.05, 4.69) is 31.0 Å². The zero-order valence-corrected chi connectivity index (χ0v) is 14.1. The summed E-state index contributed by atoms with van der Waals surface area (Å²) in [5.74, 6) is 0.0242. The third-order valence-electron chi connectivity index (χ3n) is 3.83. The van der Waals surface area contributed by atoms with Gasteiger partial charge in [-0.2, -0.15) is 0 Å². The standard InChI is InChI=1S/C16H25FN2O.ClH/c1-16(2,3)15(19-9-7-18-8-10-19)12-5-6-14(20-4)13(17)11-12;/h5-6,11,15,18H,7-10H2,1-4H3;1H/t15-;/m1./s1. The van der Waals surface area contributed by atoms with Crippen LogP contribution in [0.4, 0.5) is 4.39 Å². The van der Waals surface area contributed by atoms with E-state index in [4.69, 9.17) is 4.74 Å². The number of halogens is 2. The van der Waals surface area contributed by atoms with E-state index in [1.54, 1.807) is 12.1 Å². The van der Waals surface area contributed by atoms with Crippen LogP contribution in [0.25, 0.3) is 0 Å². The fraction of sp³-hybridized carbons (Fsp3) is 0.625. The van der Waals surface area contributed by atoms with Crippen molar-refractivity contribution in [1.82, 2.24) is 10.2 Å². The van der Waals surface area contributed by atoms with E-state index >= 15 is 0 Å². The number of methoxy groups -OCH3 is 1. The van der Waals surface area contributed by atoms with Crippen LogP contribution in [0.5, 0.6) is 5.75 Å². The summed E-state index contributed by atoms with van der Waals surface area (Å²) in [7, 11) is 1.50. The number of benzene rings is 1. The maximum Gasteiger partial charge on any atom is 0.165 e. The molecule has 1 fully saturated rings. The minimum atomic E-state index is -0.283. The monoisotopic (exact) mass is 316 g/mol. The Morgan fingerprint density at radius 2 is 1.86 bits per heavy atom. The summed E-state index contributed by atoms with van der Waals surface area (Å²) in [6, 6.07) is 5.55. The normalized spacial score (nSPS) is 18.0. The first-order valence-corrected chi connectivity index (χ1v) is 7.21. The van der Waals surface area contributed by atoms with Crippen molar-refractivity contribution in [3.8, 4) is 5.75 Å². The van der Waals surface area contributed by atoms with Crippen molar-refractivity contribution in [2.75, 3.05) is 33.3 Å². The highest BCUT2D eigenvalue weighted by molar-refractivity contribution is 5.85. The van der Waals surface area contributed by atoms with Gasteiger partial charge in [-0.05, 0) is 23.1 Å². The average Bonchev–Trinajstić information content (AvgIpc) is 2.39. The molecule has 1 aromatic rings. The van der Waals surface area contributed by atoms with E-state index in [9.17, 15) is 4.39 Å². The average molecular weight is 317 g/mol. The highest BCUT2D eigenvalue weighted by Crippen LogP contribution is 2.39. The predicted molar refractivity (Wildman–Crippen MR) is 86.8 cm³/mol. The number of hydrogen-bond acceptors (Lipinski definition) is 3. The maximum absolute atomic E-state index is 14.0. The molecule has 0 saturated carbocycles. The Balaban J connectivity index is 0.00000220. The van der Waals surface area contributed by atoms with Crippen molar-refractivity contribution < 1.29 is 9.13 Å². The summed E-state index contributed by atoms with van der Waals surface area (Å²) in [6.45, 7) is 10.6. The molecule has 1 aliphatic heterocycles. The number of rotatable bonds is 3. The summed E-state index contributed by atoms with van der Waals surface area (Å²) in [5, 5.41) is 3.37. The summed E-state index contributed by atoms with van der Waals surface area (Å²) in [5.41, 5.74) is 1.08. The van der Waals surface area contributed by atoms with Gasteiger partial charge in [-0.25, -0.2) is 4.39 Å². The van der Waals surface area contributed by atoms with Crippen LogP contribution in [0, 0.1) is 11.2 Å². The second kappa shape index (κ2) is 7.43. The maximum atomic E-state index is 14.0. The van der Waals surface area contributed by atoms with Crippen molar-refractivity contribution in [3.63, 3.8) is 0 Å². The first-order valence-electron chi connectivity index (χ1n) is 7.21. The van der Waals surface area contributed by atoms with Crippen molar-refractivity contribution in [3.05, 3.63) is 29.6 Å². The van der Waals surface area contributed by atoms with Gasteiger partial charge in [0.25, 0.3) is 0 Å². The van der Waals surface area contributed by atoms with E-state index in [-0.39, 0.29) is 29.7 Å². The van der Waals surface area contributed by atoms with Crippen molar-refractivity contribution >= 4 is 12.4 Å². The predicted octanol–water partition coefficient (Wildman–Crippen LogP) is 3.25. The van der Waals surface area contributed by atoms with Gasteiger partial charge in [0.15, 0.2) is 11.6 Å². The molecule has 5 heteroatoms. The molecule has 0 aliphatic carbocycles. The van der Waals surface area contributed by atoms with Gasteiger partial charge in [0, 0.05) is 32.2 Å². The van der Waals surface area contributed by atoms with E-state index in [1.807, 2.05) is 6.07 Å². The number of hydrogen-bond donors (Lipinski definition) is 1. The van der Waals surface area contributed by atoms with Crippen LogP contribution < -0.4 is 10.1 Å². The number of ether oxygens (including phenoxy) is 1. The Hall–Kier alpha value is -0.840. The molecular weight excluding hydrogens is 291 g/mol. The topological polar surface area (TPSA) is 24.5 Å². The first kappa shape index (κ1) is 18.2. The molecule has 0 spiro atoms. The Bertz CT molecular complexity index is 456. The smallest absolute Gasteiger partial charge is 0.165 e. The molecule has 1 saturated heterocycles. The van der Waals surface area contributed by atoms with Gasteiger partial charge in [-0.15, -0.1) is 12.4 Å². The van der Waals surface area contributed by atoms with Crippen molar-refractivity contribution in [2.45, 2.75) is 26.8 Å². The molecule has 0 unspecified atom stereocenters. The van der Waals surface area contributed by atoms with Crippen molar-refractivity contribution in [1.29, 1.82) is 0 Å². The summed E-state index contributed by atoms with van der Waals surface area (Å²) in [4.78, 5) is 2.44. The molecule has 1 aromatic carbocycles. The van der Waals surface area contributed by atoms with E-state index in [0.29, 0.717) is 5.75 Å². The van der Waals surface area contributed by atoms with Gasteiger partial charge in [0.05, 0.1) is 7.11 Å². The quantitative estimate of drug-likeness (QED) is 0.926. The van der Waals surface area contributed by atoms with Gasteiger partial charge in [0.1, 0.15) is 0 Å². The molecule has 120 valence electrons. The molecule has 1 aliphatic rings. The van der Waals surface area contributed by atoms with E-state index < -0.39 is 0 Å². The molecular formula is C16H26ClFN2O. The Morgan fingerprint density at radius 1 is 1.24 bits per heavy atom. The largest absolute Gasteiger partial charge is 0.494 e. The minimum absolute atomic E-state index is 0. The summed E-state index contributed by atoms with van der Waals surface area (Å²) < 4.78 is 19.0. The summed E-state index contributed by atoms with van der Waals surface area (Å²) >= 11 is 0. The van der Waals surface area contributed by atoms with Gasteiger partial charge < -0.3 is 10.1 Å². The highest BCUT2D eigenvalue weighted by Gasteiger charge is 2.32. The van der Waals surface area contributed by atoms with Gasteiger partial charge >= 0.3 is 0 Å². The van der Waals surface area contributed by atoms with Crippen LogP contribution in [-0.4, -0.2) is 38.2 Å². The molecule has 0 amide bonds. The molecule has 0 bridgehead atoms. The lowest BCUT2D eigenvalue weighted by Crippen LogP contribution is -2.48. The number of nitrogens with one attached hydrogen (secondary N) is 1. The molecule has 0 radical (unpaired) electrons. The van der Waals surface area contributed by atoms with E-state index in [0.717, 1.165) is 31.7 Å². The molecule has 1 N–H and O–H groups in total. The molecule has 21 heavy (non-hydrogen) atoms. The SMILES string of the molecule is COc1ccc([C@@H](N2CCNCC2)C(C)(C)C)cc1F.Cl. The van der Waals surface area contributed by atoms with Crippen LogP contribution in [0.15, 0.2) is 18.2 Å². The second-order valence-corrected chi connectivity index (χ2v) is 6.45. The highest BCUT2D eigenvalue weighted by atomic mass is 35.5. The van der Waals surface area contributed by atoms with Crippen LogP contribution in [0.3, 0.4) is 0 Å². The third-order valence-corrected chi connectivity index (χ3v) is 3.83. The van der Waals surface area contributed by atoms with Crippen LogP contribution >= 0.6 is 12.4 Å². The summed E-state index contributed by atoms with van der Waals surface area (Å²) in [6.07, 6.45) is 0. The van der Waals surface area contributed by atoms with Gasteiger partial charge in [-0.1, -0.05) is 26.8 Å². The van der Waals surface area contributed by atoms with Gasteiger partial charge in [0.2, 0.25) is 0 Å². The second-order valence-electron chi connectivity index (χ2n) is 6.45. The fourth-order valence-electron chi connectivity index (χ4n) is 3.05. The molecule has 1 atom stereocenters. The molecule has 3 nitrogen and oxygen atoms in total. The molecule has 2 rings (SSSR count). The van der Waals surface area contributed by atoms with Crippen LogP contribution in [-0.2, 0) is 0 Å². The minimum Gasteiger partial charge on any atom is -0.494 e. The number of piperazine rings is 1. The third kappa shape index (κ3) is 4.31. The fourth-order valence-corrected chi connectivity index (χ4v) is 3.05. The Morgan fingerprint density at radius 3 is 2.33 bits per heavy atom. The van der Waals surface area contributed by atoms with Crippen LogP contribution in [0.1, 0.15) is 32.4 Å². The van der Waals surface area contributed by atoms with Crippen molar-refractivity contribution in [2.24, 2.45) is 5.41 Å². The molecule has 1 heterocycles. The lowest BCUT2D eigenvalue weighted by molar-refractivity contribution is 0.0859.